The summed E-state index contributed by atoms with van der Waals surface area (Å²) in [6, 6.07) is 13.0. The van der Waals surface area contributed by atoms with E-state index in [1.54, 1.807) is 18.2 Å². The summed E-state index contributed by atoms with van der Waals surface area (Å²) >= 11 is 0. The van der Waals surface area contributed by atoms with Crippen molar-refractivity contribution in [2.45, 2.75) is 25.9 Å². The molecule has 0 bridgehead atoms. The molecule has 1 aliphatic rings. The Morgan fingerprint density at radius 1 is 1.06 bits per heavy atom. The van der Waals surface area contributed by atoms with E-state index in [1.165, 1.54) is 0 Å². The second kappa shape index (κ2) is 7.24. The standard InChI is InChI=1S/C23H24N6O2/c1-12-10-25-11-13(2)29(12)23(31)14-7-8-17-18(9-14)27-21(26-17)19-20(24)15-5-3-4-6-16(15)28-22(19)30/h3-9,12-13,25H,10-11H2,1-2H3,(H,26,27)(H3,24,28,30). The van der Waals surface area contributed by atoms with Gasteiger partial charge >= 0.3 is 0 Å². The monoisotopic (exact) mass is 416 g/mol. The molecule has 2 unspecified atom stereocenters. The molecular formula is C23H24N6O2. The van der Waals surface area contributed by atoms with Gasteiger partial charge in [0.05, 0.1) is 22.2 Å². The van der Waals surface area contributed by atoms with E-state index in [0.29, 0.717) is 39.2 Å². The molecule has 8 heteroatoms. The molecule has 2 aromatic heterocycles. The molecule has 0 aliphatic carbocycles. The van der Waals surface area contributed by atoms with E-state index < -0.39 is 0 Å². The first-order valence-corrected chi connectivity index (χ1v) is 10.4. The molecule has 31 heavy (non-hydrogen) atoms. The fraction of sp³-hybridized carbons (Fsp3) is 0.261. The van der Waals surface area contributed by atoms with Gasteiger partial charge in [-0.1, -0.05) is 18.2 Å². The number of benzene rings is 2. The lowest BCUT2D eigenvalue weighted by Gasteiger charge is -2.39. The number of H-pyrrole nitrogens is 2. The Hall–Kier alpha value is -3.65. The van der Waals surface area contributed by atoms with Crippen molar-refractivity contribution in [2.75, 3.05) is 18.8 Å². The molecule has 0 spiro atoms. The highest BCUT2D eigenvalue weighted by atomic mass is 16.2. The van der Waals surface area contributed by atoms with E-state index in [0.717, 1.165) is 18.5 Å². The number of nitrogen functional groups attached to an aromatic ring is 1. The second-order valence-corrected chi connectivity index (χ2v) is 8.17. The second-order valence-electron chi connectivity index (χ2n) is 8.17. The van der Waals surface area contributed by atoms with Crippen molar-refractivity contribution < 1.29 is 4.79 Å². The predicted molar refractivity (Wildman–Crippen MR) is 122 cm³/mol. The van der Waals surface area contributed by atoms with Gasteiger partial charge in [0, 0.05) is 36.1 Å². The molecule has 158 valence electrons. The van der Waals surface area contributed by atoms with Gasteiger partial charge in [-0.2, -0.15) is 0 Å². The molecular weight excluding hydrogens is 392 g/mol. The maximum absolute atomic E-state index is 13.2. The van der Waals surface area contributed by atoms with Gasteiger partial charge in [-0.05, 0) is 38.1 Å². The Bertz CT molecular complexity index is 1360. The number of nitrogens with one attached hydrogen (secondary N) is 3. The van der Waals surface area contributed by atoms with Crippen LogP contribution < -0.4 is 16.6 Å². The zero-order valence-corrected chi connectivity index (χ0v) is 17.4. The summed E-state index contributed by atoms with van der Waals surface area (Å²) in [7, 11) is 0. The van der Waals surface area contributed by atoms with Crippen molar-refractivity contribution in [3.63, 3.8) is 0 Å². The van der Waals surface area contributed by atoms with E-state index in [1.807, 2.05) is 43.0 Å². The van der Waals surface area contributed by atoms with Crippen LogP contribution in [0.1, 0.15) is 24.2 Å². The molecule has 0 saturated carbocycles. The number of carbonyl (C=O) groups excluding carboxylic acids is 1. The number of hydrogen-bond acceptors (Lipinski definition) is 5. The van der Waals surface area contributed by atoms with Gasteiger partial charge in [0.1, 0.15) is 11.4 Å². The minimum atomic E-state index is -0.310. The number of nitrogens with two attached hydrogens (primary N) is 1. The molecule has 1 saturated heterocycles. The summed E-state index contributed by atoms with van der Waals surface area (Å²) in [6.45, 7) is 5.64. The zero-order chi connectivity index (χ0) is 21.7. The molecule has 1 fully saturated rings. The summed E-state index contributed by atoms with van der Waals surface area (Å²) < 4.78 is 0. The van der Waals surface area contributed by atoms with Crippen LogP contribution in [-0.4, -0.2) is 50.9 Å². The van der Waals surface area contributed by atoms with Crippen LogP contribution in [0, 0.1) is 0 Å². The van der Waals surface area contributed by atoms with E-state index in [4.69, 9.17) is 5.73 Å². The molecule has 5 rings (SSSR count). The fourth-order valence-electron chi connectivity index (χ4n) is 4.45. The van der Waals surface area contributed by atoms with Crippen LogP contribution in [0.2, 0.25) is 0 Å². The third-order valence-corrected chi connectivity index (χ3v) is 5.99. The van der Waals surface area contributed by atoms with E-state index in [2.05, 4.69) is 20.3 Å². The summed E-state index contributed by atoms with van der Waals surface area (Å²) in [5.74, 6) is 0.371. The number of hydrogen-bond donors (Lipinski definition) is 4. The highest BCUT2D eigenvalue weighted by Gasteiger charge is 2.29. The normalized spacial score (nSPS) is 19.2. The number of carbonyl (C=O) groups is 1. The minimum absolute atomic E-state index is 0.0115. The van der Waals surface area contributed by atoms with Crippen LogP contribution in [0.25, 0.3) is 33.3 Å². The smallest absolute Gasteiger partial charge is 0.261 e. The molecule has 5 N–H and O–H groups in total. The fourth-order valence-corrected chi connectivity index (χ4v) is 4.45. The lowest BCUT2D eigenvalue weighted by molar-refractivity contribution is 0.0544. The van der Waals surface area contributed by atoms with Crippen LogP contribution in [0.15, 0.2) is 47.3 Å². The van der Waals surface area contributed by atoms with Crippen molar-refractivity contribution in [2.24, 2.45) is 0 Å². The van der Waals surface area contributed by atoms with E-state index in [-0.39, 0.29) is 23.6 Å². The highest BCUT2D eigenvalue weighted by molar-refractivity contribution is 6.00. The first-order chi connectivity index (χ1) is 14.9. The van der Waals surface area contributed by atoms with Gasteiger partial charge in [0.25, 0.3) is 11.5 Å². The van der Waals surface area contributed by atoms with Crippen molar-refractivity contribution in [1.82, 2.24) is 25.2 Å². The minimum Gasteiger partial charge on any atom is -0.397 e. The largest absolute Gasteiger partial charge is 0.397 e. The summed E-state index contributed by atoms with van der Waals surface area (Å²) in [6.07, 6.45) is 0. The highest BCUT2D eigenvalue weighted by Crippen LogP contribution is 2.28. The number of rotatable bonds is 2. The third kappa shape index (κ3) is 3.16. The Labute approximate surface area is 178 Å². The molecule has 1 aliphatic heterocycles. The summed E-state index contributed by atoms with van der Waals surface area (Å²) in [5, 5.41) is 4.10. The topological polar surface area (TPSA) is 120 Å². The zero-order valence-electron chi connectivity index (χ0n) is 17.4. The molecule has 1 amide bonds. The number of para-hydroxylation sites is 1. The number of imidazole rings is 1. The maximum Gasteiger partial charge on any atom is 0.261 e. The molecule has 8 nitrogen and oxygen atoms in total. The first-order valence-electron chi connectivity index (χ1n) is 10.4. The first kappa shape index (κ1) is 19.3. The van der Waals surface area contributed by atoms with Crippen LogP contribution in [0.5, 0.6) is 0 Å². The Morgan fingerprint density at radius 3 is 2.58 bits per heavy atom. The number of aromatic nitrogens is 3. The van der Waals surface area contributed by atoms with Crippen LogP contribution in [0.3, 0.4) is 0 Å². The number of nitrogens with zero attached hydrogens (tertiary/aromatic N) is 2. The Kier molecular flexibility index (Phi) is 4.51. The number of anilines is 1. The molecule has 2 aromatic carbocycles. The van der Waals surface area contributed by atoms with Crippen molar-refractivity contribution >= 4 is 33.5 Å². The number of pyridine rings is 1. The number of piperazine rings is 1. The lowest BCUT2D eigenvalue weighted by atomic mass is 10.1. The molecule has 2 atom stereocenters. The lowest BCUT2D eigenvalue weighted by Crippen LogP contribution is -2.57. The Morgan fingerprint density at radius 2 is 1.81 bits per heavy atom. The number of fused-ring (bicyclic) bond motifs is 2. The molecule has 3 heterocycles. The van der Waals surface area contributed by atoms with Gasteiger partial charge in [-0.25, -0.2) is 4.98 Å². The van der Waals surface area contributed by atoms with Crippen molar-refractivity contribution in [3.8, 4) is 11.4 Å². The van der Waals surface area contributed by atoms with Crippen LogP contribution in [0.4, 0.5) is 5.69 Å². The Balaban J connectivity index is 1.57. The van der Waals surface area contributed by atoms with Crippen LogP contribution >= 0.6 is 0 Å². The predicted octanol–water partition coefficient (Wildman–Crippen LogP) is 2.48. The third-order valence-electron chi connectivity index (χ3n) is 5.99. The summed E-state index contributed by atoms with van der Waals surface area (Å²) in [5.41, 5.74) is 9.31. The maximum atomic E-state index is 13.2. The van der Waals surface area contributed by atoms with Gasteiger partial charge in [-0.15, -0.1) is 0 Å². The summed E-state index contributed by atoms with van der Waals surface area (Å²) in [4.78, 5) is 38.4. The number of amides is 1. The van der Waals surface area contributed by atoms with Gasteiger partial charge in [0.2, 0.25) is 0 Å². The molecule has 0 radical (unpaired) electrons. The quantitative estimate of drug-likeness (QED) is 0.400. The SMILES string of the molecule is CC1CNCC(C)N1C(=O)c1ccc2nc(-c3c(N)c4ccccc4[nH]c3=O)[nH]c2c1. The van der Waals surface area contributed by atoms with E-state index >= 15 is 0 Å². The van der Waals surface area contributed by atoms with Gasteiger partial charge in [-0.3, -0.25) is 9.59 Å². The van der Waals surface area contributed by atoms with Gasteiger partial charge < -0.3 is 25.9 Å². The van der Waals surface area contributed by atoms with Crippen LogP contribution in [-0.2, 0) is 0 Å². The van der Waals surface area contributed by atoms with Gasteiger partial charge in [0.15, 0.2) is 0 Å². The average Bonchev–Trinajstić information content (AvgIpc) is 3.16. The van der Waals surface area contributed by atoms with Crippen molar-refractivity contribution in [1.29, 1.82) is 0 Å². The molecule has 4 aromatic rings. The number of aromatic amines is 2. The average molecular weight is 416 g/mol. The van der Waals surface area contributed by atoms with E-state index in [9.17, 15) is 9.59 Å². The van der Waals surface area contributed by atoms with Crippen molar-refractivity contribution in [3.05, 3.63) is 58.4 Å².